The van der Waals surface area contributed by atoms with Crippen molar-refractivity contribution in [3.63, 3.8) is 0 Å². The summed E-state index contributed by atoms with van der Waals surface area (Å²) in [6.07, 6.45) is 0.933. The first-order chi connectivity index (χ1) is 9.31. The molecule has 1 aromatic rings. The second-order valence-corrected chi connectivity index (χ2v) is 7.28. The summed E-state index contributed by atoms with van der Waals surface area (Å²) in [4.78, 5) is 0.114. The second-order valence-electron chi connectivity index (χ2n) is 4.69. The van der Waals surface area contributed by atoms with Gasteiger partial charge in [0.1, 0.15) is 0 Å². The third-order valence-electron chi connectivity index (χ3n) is 3.32. The van der Waals surface area contributed by atoms with Crippen LogP contribution in [0.4, 0.5) is 5.69 Å². The first-order valence-electron chi connectivity index (χ1n) is 6.54. The molecule has 0 saturated heterocycles. The number of nitrogens with one attached hydrogen (secondary N) is 1. The molecular weight excluding hydrogens is 344 g/mol. The number of hydrogen-bond donors (Lipinski definition) is 3. The van der Waals surface area contributed by atoms with Crippen molar-refractivity contribution in [2.45, 2.75) is 37.7 Å². The summed E-state index contributed by atoms with van der Waals surface area (Å²) in [5.74, 6) is 0.0903. The van der Waals surface area contributed by atoms with Crippen LogP contribution in [0.3, 0.4) is 0 Å². The van der Waals surface area contributed by atoms with Crippen LogP contribution >= 0.6 is 15.9 Å². The van der Waals surface area contributed by atoms with Gasteiger partial charge in [-0.15, -0.1) is 0 Å². The first kappa shape index (κ1) is 17.4. The van der Waals surface area contributed by atoms with Crippen LogP contribution in [-0.4, -0.2) is 26.2 Å². The average Bonchev–Trinajstić information content (AvgIpc) is 2.37. The number of nitrogen functional groups attached to an aromatic ring is 1. The van der Waals surface area contributed by atoms with Crippen LogP contribution in [0.15, 0.2) is 27.6 Å². The standard InChI is InChI=1S/C13H21BrN2O3S/c1-3-9(4-2)12(17)8-16-20(18,19)13-6-5-10(15)7-11(13)14/h5-7,9,12,16-17H,3-4,8,15H2,1-2H3. The molecule has 0 radical (unpaired) electrons. The van der Waals surface area contributed by atoms with Crippen LogP contribution in [0.1, 0.15) is 26.7 Å². The Morgan fingerprint density at radius 1 is 1.35 bits per heavy atom. The van der Waals surface area contributed by atoms with Gasteiger partial charge in [-0.3, -0.25) is 0 Å². The fourth-order valence-corrected chi connectivity index (χ4v) is 4.15. The number of nitrogens with two attached hydrogens (primary N) is 1. The lowest BCUT2D eigenvalue weighted by atomic mass is 9.97. The first-order valence-corrected chi connectivity index (χ1v) is 8.82. The molecule has 0 aromatic heterocycles. The number of anilines is 1. The highest BCUT2D eigenvalue weighted by molar-refractivity contribution is 9.10. The van der Waals surface area contributed by atoms with E-state index in [9.17, 15) is 13.5 Å². The predicted octanol–water partition coefficient (Wildman–Crippen LogP) is 2.11. The Kier molecular flexibility index (Phi) is 6.44. The van der Waals surface area contributed by atoms with Crippen LogP contribution < -0.4 is 10.5 Å². The molecule has 0 saturated carbocycles. The van der Waals surface area contributed by atoms with Gasteiger partial charge in [0, 0.05) is 16.7 Å². The zero-order valence-electron chi connectivity index (χ0n) is 11.6. The average molecular weight is 365 g/mol. The molecule has 0 aliphatic heterocycles. The molecule has 1 atom stereocenters. The Hall–Kier alpha value is -0.630. The molecule has 1 aromatic carbocycles. The molecule has 20 heavy (non-hydrogen) atoms. The summed E-state index contributed by atoms with van der Waals surface area (Å²) in [5, 5.41) is 9.97. The molecule has 4 N–H and O–H groups in total. The molecule has 1 unspecified atom stereocenters. The highest BCUT2D eigenvalue weighted by atomic mass is 79.9. The molecule has 5 nitrogen and oxygen atoms in total. The molecule has 7 heteroatoms. The van der Waals surface area contributed by atoms with E-state index >= 15 is 0 Å². The number of benzene rings is 1. The van der Waals surface area contributed by atoms with E-state index in [-0.39, 0.29) is 17.4 Å². The second kappa shape index (κ2) is 7.40. The molecule has 0 aliphatic rings. The maximum Gasteiger partial charge on any atom is 0.241 e. The quantitative estimate of drug-likeness (QED) is 0.646. The molecule has 114 valence electrons. The molecule has 1 rings (SSSR count). The van der Waals surface area contributed by atoms with E-state index in [2.05, 4.69) is 20.7 Å². The monoisotopic (exact) mass is 364 g/mol. The molecule has 0 aliphatic carbocycles. The maximum atomic E-state index is 12.2. The van der Waals surface area contributed by atoms with Crippen molar-refractivity contribution in [1.29, 1.82) is 0 Å². The fourth-order valence-electron chi connectivity index (χ4n) is 2.01. The summed E-state index contributed by atoms with van der Waals surface area (Å²) in [7, 11) is -3.67. The Labute approximate surface area is 128 Å². The Morgan fingerprint density at radius 2 is 1.95 bits per heavy atom. The van der Waals surface area contributed by atoms with Crippen molar-refractivity contribution in [2.75, 3.05) is 12.3 Å². The summed E-state index contributed by atoms with van der Waals surface area (Å²) in [6.45, 7) is 3.95. The zero-order chi connectivity index (χ0) is 15.3. The zero-order valence-corrected chi connectivity index (χ0v) is 14.0. The van der Waals surface area contributed by atoms with Gasteiger partial charge in [0.15, 0.2) is 0 Å². The fraction of sp³-hybridized carbons (Fsp3) is 0.538. The van der Waals surface area contributed by atoms with Gasteiger partial charge >= 0.3 is 0 Å². The number of rotatable bonds is 7. The van der Waals surface area contributed by atoms with Crippen LogP contribution in [0.2, 0.25) is 0 Å². The lowest BCUT2D eigenvalue weighted by Gasteiger charge is -2.20. The minimum atomic E-state index is -3.67. The third-order valence-corrected chi connectivity index (χ3v) is 5.72. The number of halogens is 1. The smallest absolute Gasteiger partial charge is 0.241 e. The van der Waals surface area contributed by atoms with E-state index in [4.69, 9.17) is 5.73 Å². The van der Waals surface area contributed by atoms with Crippen molar-refractivity contribution >= 4 is 31.6 Å². The maximum absolute atomic E-state index is 12.2. The predicted molar refractivity (Wildman–Crippen MR) is 83.8 cm³/mol. The van der Waals surface area contributed by atoms with Gasteiger partial charge in [-0.2, -0.15) is 0 Å². The lowest BCUT2D eigenvalue weighted by molar-refractivity contribution is 0.107. The van der Waals surface area contributed by atoms with Crippen molar-refractivity contribution in [1.82, 2.24) is 4.72 Å². The van der Waals surface area contributed by atoms with E-state index in [0.29, 0.717) is 10.2 Å². The summed E-state index contributed by atoms with van der Waals surface area (Å²) >= 11 is 3.18. The van der Waals surface area contributed by atoms with E-state index < -0.39 is 16.1 Å². The van der Waals surface area contributed by atoms with Gasteiger partial charge in [0.2, 0.25) is 10.0 Å². The van der Waals surface area contributed by atoms with Crippen molar-refractivity contribution in [2.24, 2.45) is 5.92 Å². The Bertz CT molecular complexity index is 545. The number of sulfonamides is 1. The summed E-state index contributed by atoms with van der Waals surface area (Å²) in [5.41, 5.74) is 6.06. The molecule has 0 spiro atoms. The Balaban J connectivity index is 2.80. The van der Waals surface area contributed by atoms with Gasteiger partial charge < -0.3 is 10.8 Å². The lowest BCUT2D eigenvalue weighted by Crippen LogP contribution is -2.36. The van der Waals surface area contributed by atoms with Crippen LogP contribution in [0, 0.1) is 5.92 Å². The molecule has 0 bridgehead atoms. The highest BCUT2D eigenvalue weighted by Crippen LogP contribution is 2.24. The molecular formula is C13H21BrN2O3S. The highest BCUT2D eigenvalue weighted by Gasteiger charge is 2.21. The van der Waals surface area contributed by atoms with Gasteiger partial charge in [0.05, 0.1) is 11.0 Å². The van der Waals surface area contributed by atoms with Gasteiger partial charge in [-0.25, -0.2) is 13.1 Å². The molecule has 0 heterocycles. The Morgan fingerprint density at radius 3 is 2.45 bits per heavy atom. The summed E-state index contributed by atoms with van der Waals surface area (Å²) < 4.78 is 27.2. The van der Waals surface area contributed by atoms with E-state index in [0.717, 1.165) is 12.8 Å². The third kappa shape index (κ3) is 4.44. The van der Waals surface area contributed by atoms with Crippen molar-refractivity contribution in [3.05, 3.63) is 22.7 Å². The normalized spacial score (nSPS) is 13.7. The van der Waals surface area contributed by atoms with Gasteiger partial charge in [-0.05, 0) is 40.0 Å². The van der Waals surface area contributed by atoms with Crippen LogP contribution in [0.25, 0.3) is 0 Å². The number of aliphatic hydroxyl groups is 1. The summed E-state index contributed by atoms with van der Waals surface area (Å²) in [6, 6.07) is 4.49. The minimum Gasteiger partial charge on any atom is -0.399 e. The van der Waals surface area contributed by atoms with E-state index in [1.165, 1.54) is 18.2 Å². The number of hydrogen-bond acceptors (Lipinski definition) is 4. The topological polar surface area (TPSA) is 92.4 Å². The number of aliphatic hydroxyl groups excluding tert-OH is 1. The van der Waals surface area contributed by atoms with E-state index in [1.54, 1.807) is 0 Å². The molecule has 0 fully saturated rings. The van der Waals surface area contributed by atoms with E-state index in [1.807, 2.05) is 13.8 Å². The van der Waals surface area contributed by atoms with Gasteiger partial charge in [-0.1, -0.05) is 26.7 Å². The van der Waals surface area contributed by atoms with Crippen molar-refractivity contribution < 1.29 is 13.5 Å². The van der Waals surface area contributed by atoms with Crippen molar-refractivity contribution in [3.8, 4) is 0 Å². The SMILES string of the molecule is CCC(CC)C(O)CNS(=O)(=O)c1ccc(N)cc1Br. The van der Waals surface area contributed by atoms with Crippen LogP contribution in [0.5, 0.6) is 0 Å². The van der Waals surface area contributed by atoms with Gasteiger partial charge in [0.25, 0.3) is 0 Å². The largest absolute Gasteiger partial charge is 0.399 e. The van der Waals surface area contributed by atoms with Crippen LogP contribution in [-0.2, 0) is 10.0 Å². The molecule has 0 amide bonds. The minimum absolute atomic E-state index is 0.00545.